The Morgan fingerprint density at radius 1 is 1.47 bits per heavy atom. The number of benzene rings is 1. The fourth-order valence-corrected chi connectivity index (χ4v) is 2.49. The van der Waals surface area contributed by atoms with Crippen LogP contribution in [0.3, 0.4) is 0 Å². The lowest BCUT2D eigenvalue weighted by molar-refractivity contribution is 0.0697. The van der Waals surface area contributed by atoms with Crippen LogP contribution in [0.25, 0.3) is 0 Å². The van der Waals surface area contributed by atoms with Crippen molar-refractivity contribution in [3.05, 3.63) is 47.5 Å². The molecule has 5 nitrogen and oxygen atoms in total. The SMILES string of the molecule is Cn1ccnc1CN1CCc2cc(C(=O)O)ccc21. The summed E-state index contributed by atoms with van der Waals surface area (Å²) >= 11 is 0. The number of aryl methyl sites for hydroxylation is 1. The van der Waals surface area contributed by atoms with E-state index in [0.29, 0.717) is 5.56 Å². The number of carbonyl (C=O) groups is 1. The van der Waals surface area contributed by atoms with E-state index in [2.05, 4.69) is 9.88 Å². The topological polar surface area (TPSA) is 58.4 Å². The van der Waals surface area contributed by atoms with Crippen LogP contribution in [0.15, 0.2) is 30.6 Å². The first-order chi connectivity index (χ1) is 9.15. The van der Waals surface area contributed by atoms with E-state index in [1.165, 1.54) is 0 Å². The first kappa shape index (κ1) is 11.8. The predicted molar refractivity (Wildman–Crippen MR) is 71.4 cm³/mol. The van der Waals surface area contributed by atoms with Gasteiger partial charge >= 0.3 is 5.97 Å². The third-order valence-corrected chi connectivity index (χ3v) is 3.57. The van der Waals surface area contributed by atoms with Crippen molar-refractivity contribution < 1.29 is 9.90 Å². The largest absolute Gasteiger partial charge is 0.478 e. The zero-order chi connectivity index (χ0) is 13.4. The van der Waals surface area contributed by atoms with E-state index < -0.39 is 5.97 Å². The van der Waals surface area contributed by atoms with E-state index in [1.54, 1.807) is 18.3 Å². The van der Waals surface area contributed by atoms with Gasteiger partial charge in [0, 0.05) is 31.7 Å². The molecule has 19 heavy (non-hydrogen) atoms. The van der Waals surface area contributed by atoms with Gasteiger partial charge in [0.25, 0.3) is 0 Å². The van der Waals surface area contributed by atoms with Crippen LogP contribution in [0.2, 0.25) is 0 Å². The number of imidazole rings is 1. The van der Waals surface area contributed by atoms with E-state index in [-0.39, 0.29) is 0 Å². The average Bonchev–Trinajstić information content (AvgIpc) is 2.97. The second kappa shape index (κ2) is 4.42. The molecule has 0 bridgehead atoms. The second-order valence-corrected chi connectivity index (χ2v) is 4.77. The quantitative estimate of drug-likeness (QED) is 0.909. The summed E-state index contributed by atoms with van der Waals surface area (Å²) in [5.74, 6) is 0.139. The molecule has 3 rings (SSSR count). The van der Waals surface area contributed by atoms with E-state index in [4.69, 9.17) is 5.11 Å². The van der Waals surface area contributed by atoms with Gasteiger partial charge in [0.2, 0.25) is 0 Å². The summed E-state index contributed by atoms with van der Waals surface area (Å²) in [6.07, 6.45) is 4.61. The van der Waals surface area contributed by atoms with Crippen molar-refractivity contribution in [2.75, 3.05) is 11.4 Å². The molecule has 0 radical (unpaired) electrons. The average molecular weight is 257 g/mol. The van der Waals surface area contributed by atoms with Crippen molar-refractivity contribution in [3.8, 4) is 0 Å². The summed E-state index contributed by atoms with van der Waals surface area (Å²) in [4.78, 5) is 17.5. The van der Waals surface area contributed by atoms with Crippen molar-refractivity contribution in [1.82, 2.24) is 9.55 Å². The summed E-state index contributed by atoms with van der Waals surface area (Å²) in [5.41, 5.74) is 2.58. The summed E-state index contributed by atoms with van der Waals surface area (Å²) in [5, 5.41) is 9.00. The summed E-state index contributed by atoms with van der Waals surface area (Å²) in [7, 11) is 1.98. The van der Waals surface area contributed by atoms with Gasteiger partial charge in [0.15, 0.2) is 0 Å². The van der Waals surface area contributed by atoms with Crippen molar-refractivity contribution in [2.24, 2.45) is 7.05 Å². The highest BCUT2D eigenvalue weighted by atomic mass is 16.4. The Balaban J connectivity index is 1.86. The molecule has 98 valence electrons. The molecular formula is C14H15N3O2. The molecule has 0 atom stereocenters. The van der Waals surface area contributed by atoms with Crippen LogP contribution in [0.5, 0.6) is 0 Å². The maximum absolute atomic E-state index is 11.0. The molecule has 5 heteroatoms. The van der Waals surface area contributed by atoms with Crippen molar-refractivity contribution in [1.29, 1.82) is 0 Å². The van der Waals surface area contributed by atoms with Crippen molar-refractivity contribution in [2.45, 2.75) is 13.0 Å². The van der Waals surface area contributed by atoms with E-state index in [1.807, 2.05) is 23.9 Å². The fourth-order valence-electron chi connectivity index (χ4n) is 2.49. The molecule has 1 N–H and O–H groups in total. The zero-order valence-electron chi connectivity index (χ0n) is 10.7. The number of aromatic nitrogens is 2. The zero-order valence-corrected chi connectivity index (χ0v) is 10.7. The van der Waals surface area contributed by atoms with E-state index in [0.717, 1.165) is 36.6 Å². The van der Waals surface area contributed by atoms with Gasteiger partial charge < -0.3 is 14.6 Å². The molecule has 0 spiro atoms. The first-order valence-electron chi connectivity index (χ1n) is 6.22. The molecule has 0 saturated heterocycles. The highest BCUT2D eigenvalue weighted by Gasteiger charge is 2.21. The van der Waals surface area contributed by atoms with Gasteiger partial charge in [-0.15, -0.1) is 0 Å². The summed E-state index contributed by atoms with van der Waals surface area (Å²) < 4.78 is 2.00. The molecule has 0 fully saturated rings. The third-order valence-electron chi connectivity index (χ3n) is 3.57. The Hall–Kier alpha value is -2.30. The van der Waals surface area contributed by atoms with E-state index >= 15 is 0 Å². The number of hydrogen-bond acceptors (Lipinski definition) is 3. The first-order valence-corrected chi connectivity index (χ1v) is 6.22. The molecule has 1 aliphatic rings. The number of carboxylic acids is 1. The van der Waals surface area contributed by atoms with Crippen molar-refractivity contribution in [3.63, 3.8) is 0 Å². The van der Waals surface area contributed by atoms with Crippen LogP contribution < -0.4 is 4.90 Å². The number of rotatable bonds is 3. The predicted octanol–water partition coefficient (Wildman–Crippen LogP) is 1.68. The maximum Gasteiger partial charge on any atom is 0.335 e. The van der Waals surface area contributed by atoms with Crippen LogP contribution in [0.4, 0.5) is 5.69 Å². The fraction of sp³-hybridized carbons (Fsp3) is 0.286. The lowest BCUT2D eigenvalue weighted by Crippen LogP contribution is -2.21. The summed E-state index contributed by atoms with van der Waals surface area (Å²) in [6.45, 7) is 1.66. The van der Waals surface area contributed by atoms with Crippen LogP contribution in [0, 0.1) is 0 Å². The van der Waals surface area contributed by atoms with Gasteiger partial charge in [0.1, 0.15) is 5.82 Å². The molecule has 0 unspecified atom stereocenters. The Morgan fingerprint density at radius 2 is 2.32 bits per heavy atom. The van der Waals surface area contributed by atoms with Gasteiger partial charge in [-0.1, -0.05) is 0 Å². The Labute approximate surface area is 111 Å². The molecule has 2 heterocycles. The highest BCUT2D eigenvalue weighted by molar-refractivity contribution is 5.88. The standard InChI is InChI=1S/C14H15N3O2/c1-16-7-5-15-13(16)9-17-6-4-10-8-11(14(18)19)2-3-12(10)17/h2-3,5,7-8H,4,6,9H2,1H3,(H,18,19). The Bertz CT molecular complexity index is 633. The number of fused-ring (bicyclic) bond motifs is 1. The minimum Gasteiger partial charge on any atom is -0.478 e. The van der Waals surface area contributed by atoms with Crippen molar-refractivity contribution >= 4 is 11.7 Å². The molecule has 1 aromatic carbocycles. The molecule has 0 saturated carbocycles. The van der Waals surface area contributed by atoms with Crippen LogP contribution in [-0.4, -0.2) is 27.2 Å². The molecule has 2 aromatic rings. The van der Waals surface area contributed by atoms with Gasteiger partial charge in [-0.05, 0) is 30.2 Å². The molecule has 1 aromatic heterocycles. The Kier molecular flexibility index (Phi) is 2.74. The normalized spacial score (nSPS) is 13.6. The van der Waals surface area contributed by atoms with Crippen LogP contribution in [-0.2, 0) is 20.0 Å². The number of anilines is 1. The Morgan fingerprint density at radius 3 is 3.00 bits per heavy atom. The van der Waals surface area contributed by atoms with Gasteiger partial charge in [-0.3, -0.25) is 0 Å². The molecule has 0 amide bonds. The lowest BCUT2D eigenvalue weighted by Gasteiger charge is -2.19. The van der Waals surface area contributed by atoms with E-state index in [9.17, 15) is 4.79 Å². The summed E-state index contributed by atoms with van der Waals surface area (Å²) in [6, 6.07) is 5.34. The second-order valence-electron chi connectivity index (χ2n) is 4.77. The van der Waals surface area contributed by atoms with Gasteiger partial charge in [-0.25, -0.2) is 9.78 Å². The maximum atomic E-state index is 11.0. The molecular weight excluding hydrogens is 242 g/mol. The highest BCUT2D eigenvalue weighted by Crippen LogP contribution is 2.29. The minimum atomic E-state index is -0.870. The number of carboxylic acid groups (broad SMARTS) is 1. The number of aromatic carboxylic acids is 1. The van der Waals surface area contributed by atoms with Crippen LogP contribution >= 0.6 is 0 Å². The van der Waals surface area contributed by atoms with Gasteiger partial charge in [0.05, 0.1) is 12.1 Å². The van der Waals surface area contributed by atoms with Crippen LogP contribution in [0.1, 0.15) is 21.7 Å². The monoisotopic (exact) mass is 257 g/mol. The smallest absolute Gasteiger partial charge is 0.335 e. The number of hydrogen-bond donors (Lipinski definition) is 1. The third kappa shape index (κ3) is 2.07. The minimum absolute atomic E-state index is 0.359. The van der Waals surface area contributed by atoms with Gasteiger partial charge in [-0.2, -0.15) is 0 Å². The molecule has 0 aliphatic carbocycles. The lowest BCUT2D eigenvalue weighted by atomic mass is 10.1. The number of nitrogens with zero attached hydrogens (tertiary/aromatic N) is 3. The molecule has 1 aliphatic heterocycles.